The lowest BCUT2D eigenvalue weighted by Gasteiger charge is -2.21. The number of carbonyl (C=O) groups is 2. The molecular weight excluding hydrogens is 390 g/mol. The maximum atomic E-state index is 12.1. The molecule has 1 rings (SSSR count). The third kappa shape index (κ3) is 6.59. The molecule has 0 unspecified atom stereocenters. The predicted molar refractivity (Wildman–Crippen MR) is 104 cm³/mol. The minimum atomic E-state index is -1.02. The second kappa shape index (κ2) is 10.7. The first kappa shape index (κ1) is 23.5. The summed E-state index contributed by atoms with van der Waals surface area (Å²) in [5, 5.41) is 11.2. The lowest BCUT2D eigenvalue weighted by Crippen LogP contribution is -2.29. The molecule has 0 N–H and O–H groups in total. The molecular formula is C18H25NO8S. The van der Waals surface area contributed by atoms with Crippen molar-refractivity contribution in [2.45, 2.75) is 33.8 Å². The maximum Gasteiger partial charge on any atom is 0.508 e. The lowest BCUT2D eigenvalue weighted by atomic mass is 9.97. The number of benzene rings is 1. The highest BCUT2D eigenvalue weighted by Gasteiger charge is 2.30. The summed E-state index contributed by atoms with van der Waals surface area (Å²) in [7, 11) is 2.75. The summed E-state index contributed by atoms with van der Waals surface area (Å²) >= 11 is 1.19. The van der Waals surface area contributed by atoms with Gasteiger partial charge >= 0.3 is 6.16 Å². The molecule has 0 aliphatic carbocycles. The van der Waals surface area contributed by atoms with Crippen molar-refractivity contribution in [3.8, 4) is 11.5 Å². The zero-order chi connectivity index (χ0) is 21.3. The average molecular weight is 415 g/mol. The van der Waals surface area contributed by atoms with E-state index in [2.05, 4.69) is 0 Å². The van der Waals surface area contributed by atoms with Gasteiger partial charge < -0.3 is 18.9 Å². The van der Waals surface area contributed by atoms with E-state index in [1.807, 2.05) is 6.92 Å². The molecule has 0 bridgehead atoms. The summed E-state index contributed by atoms with van der Waals surface area (Å²) < 4.78 is 20.1. The van der Waals surface area contributed by atoms with Crippen LogP contribution in [0.2, 0.25) is 0 Å². The molecule has 0 aliphatic heterocycles. The number of ether oxygens (including phenoxy) is 4. The van der Waals surface area contributed by atoms with Crippen LogP contribution in [0.25, 0.3) is 0 Å². The van der Waals surface area contributed by atoms with E-state index >= 15 is 0 Å². The summed E-state index contributed by atoms with van der Waals surface area (Å²) in [6.07, 6.45) is -0.162. The van der Waals surface area contributed by atoms with Gasteiger partial charge in [0.1, 0.15) is 13.2 Å². The fraction of sp³-hybridized carbons (Fsp3) is 0.556. The van der Waals surface area contributed by atoms with Gasteiger partial charge in [-0.3, -0.25) is 14.9 Å². The van der Waals surface area contributed by atoms with Crippen LogP contribution in [-0.2, 0) is 20.9 Å². The minimum Gasteiger partial charge on any atom is -0.493 e. The van der Waals surface area contributed by atoms with Crippen LogP contribution in [0.15, 0.2) is 12.1 Å². The predicted octanol–water partition coefficient (Wildman–Crippen LogP) is 3.96. The molecule has 0 radical (unpaired) electrons. The molecule has 156 valence electrons. The van der Waals surface area contributed by atoms with E-state index in [-0.39, 0.29) is 34.5 Å². The van der Waals surface area contributed by atoms with Gasteiger partial charge in [0.05, 0.1) is 36.2 Å². The molecule has 9 nitrogen and oxygen atoms in total. The quantitative estimate of drug-likeness (QED) is 0.318. The van der Waals surface area contributed by atoms with E-state index in [9.17, 15) is 19.7 Å². The second-order valence-corrected chi connectivity index (χ2v) is 7.51. The van der Waals surface area contributed by atoms with Crippen molar-refractivity contribution in [3.63, 3.8) is 0 Å². The van der Waals surface area contributed by atoms with Crippen molar-refractivity contribution in [2.75, 3.05) is 26.6 Å². The van der Waals surface area contributed by atoms with E-state index < -0.39 is 23.1 Å². The van der Waals surface area contributed by atoms with Crippen LogP contribution in [0.5, 0.6) is 11.5 Å². The Hall–Kier alpha value is -2.49. The third-order valence-corrected chi connectivity index (χ3v) is 5.09. The van der Waals surface area contributed by atoms with E-state index in [0.29, 0.717) is 5.75 Å². The highest BCUT2D eigenvalue weighted by Crippen LogP contribution is 2.35. The van der Waals surface area contributed by atoms with Crippen molar-refractivity contribution in [2.24, 2.45) is 5.41 Å². The number of nitro groups is 1. The van der Waals surface area contributed by atoms with Gasteiger partial charge in [-0.25, -0.2) is 4.79 Å². The van der Waals surface area contributed by atoms with Crippen LogP contribution in [-0.4, -0.2) is 42.8 Å². The highest BCUT2D eigenvalue weighted by molar-refractivity contribution is 8.13. The van der Waals surface area contributed by atoms with E-state index in [4.69, 9.17) is 18.9 Å². The maximum absolute atomic E-state index is 12.1. The molecule has 0 heterocycles. The molecule has 1 aromatic carbocycles. The summed E-state index contributed by atoms with van der Waals surface area (Å²) in [6, 6.07) is 2.55. The molecule has 0 aliphatic rings. The fourth-order valence-corrected chi connectivity index (χ4v) is 2.90. The number of nitrogens with zero attached hydrogens (tertiary/aromatic N) is 1. The largest absolute Gasteiger partial charge is 0.508 e. The van der Waals surface area contributed by atoms with Gasteiger partial charge in [0.2, 0.25) is 0 Å². The van der Waals surface area contributed by atoms with Gasteiger partial charge in [-0.15, -0.1) is 0 Å². The van der Waals surface area contributed by atoms with Gasteiger partial charge in [0, 0.05) is 5.75 Å². The van der Waals surface area contributed by atoms with E-state index in [1.165, 1.54) is 38.1 Å². The standard InChI is InChI=1S/C18H25NO8S/c1-6-7-28-16(20)18(2,3)11-27-17(21)26-10-12-8-14(24-4)15(25-5)9-13(12)19(22)23/h8-9H,6-7,10-11H2,1-5H3. The molecule has 1 aromatic rings. The molecule has 0 saturated heterocycles. The first-order valence-electron chi connectivity index (χ1n) is 8.52. The van der Waals surface area contributed by atoms with Crippen molar-refractivity contribution in [1.29, 1.82) is 0 Å². The van der Waals surface area contributed by atoms with Crippen LogP contribution in [0.4, 0.5) is 10.5 Å². The van der Waals surface area contributed by atoms with Gasteiger partial charge in [-0.05, 0) is 26.3 Å². The highest BCUT2D eigenvalue weighted by atomic mass is 32.2. The second-order valence-electron chi connectivity index (χ2n) is 6.44. The number of methoxy groups -OCH3 is 2. The zero-order valence-corrected chi connectivity index (χ0v) is 17.4. The molecule has 0 spiro atoms. The van der Waals surface area contributed by atoms with Crippen molar-refractivity contribution < 1.29 is 33.5 Å². The summed E-state index contributed by atoms with van der Waals surface area (Å²) in [4.78, 5) is 34.6. The Balaban J connectivity index is 2.74. The van der Waals surface area contributed by atoms with Gasteiger partial charge in [0.25, 0.3) is 5.69 Å². The molecule has 0 amide bonds. The summed E-state index contributed by atoms with van der Waals surface area (Å²) in [5.41, 5.74) is -1.03. The van der Waals surface area contributed by atoms with Gasteiger partial charge in [0.15, 0.2) is 16.6 Å². The Morgan fingerprint density at radius 1 is 1.14 bits per heavy atom. The van der Waals surface area contributed by atoms with Crippen LogP contribution >= 0.6 is 11.8 Å². The van der Waals surface area contributed by atoms with Crippen molar-refractivity contribution >= 4 is 28.7 Å². The Bertz CT molecular complexity index is 720. The molecule has 0 saturated carbocycles. The molecule has 10 heteroatoms. The average Bonchev–Trinajstić information content (AvgIpc) is 2.67. The summed E-state index contributed by atoms with van der Waals surface area (Å²) in [6.45, 7) is 4.76. The number of hydrogen-bond donors (Lipinski definition) is 0. The minimum absolute atomic E-state index is 0.0855. The first-order valence-corrected chi connectivity index (χ1v) is 9.50. The number of hydrogen-bond acceptors (Lipinski definition) is 9. The molecule has 0 aromatic heterocycles. The molecule has 28 heavy (non-hydrogen) atoms. The van der Waals surface area contributed by atoms with Crippen molar-refractivity contribution in [3.05, 3.63) is 27.8 Å². The van der Waals surface area contributed by atoms with E-state index in [1.54, 1.807) is 13.8 Å². The third-order valence-electron chi connectivity index (χ3n) is 3.67. The van der Waals surface area contributed by atoms with Crippen LogP contribution < -0.4 is 9.47 Å². The summed E-state index contributed by atoms with van der Waals surface area (Å²) in [5.74, 6) is 1.14. The first-order chi connectivity index (χ1) is 13.2. The topological polar surface area (TPSA) is 114 Å². The van der Waals surface area contributed by atoms with Crippen LogP contribution in [0.1, 0.15) is 32.8 Å². The fourth-order valence-electron chi connectivity index (χ4n) is 2.06. The molecule has 0 atom stereocenters. The van der Waals surface area contributed by atoms with Crippen LogP contribution in [0, 0.1) is 15.5 Å². The van der Waals surface area contributed by atoms with Crippen molar-refractivity contribution in [1.82, 2.24) is 0 Å². The van der Waals surface area contributed by atoms with E-state index in [0.717, 1.165) is 6.42 Å². The lowest BCUT2D eigenvalue weighted by molar-refractivity contribution is -0.385. The van der Waals surface area contributed by atoms with Gasteiger partial charge in [-0.2, -0.15) is 0 Å². The normalized spacial score (nSPS) is 10.9. The number of rotatable bonds is 10. The number of nitro benzene ring substituents is 1. The number of thioether (sulfide) groups is 1. The smallest absolute Gasteiger partial charge is 0.493 e. The van der Waals surface area contributed by atoms with Crippen LogP contribution in [0.3, 0.4) is 0 Å². The Labute approximate surface area is 167 Å². The Morgan fingerprint density at radius 3 is 2.29 bits per heavy atom. The van der Waals surface area contributed by atoms with Gasteiger partial charge in [-0.1, -0.05) is 18.7 Å². The Morgan fingerprint density at radius 2 is 1.75 bits per heavy atom. The zero-order valence-electron chi connectivity index (χ0n) is 16.6. The Kier molecular flexibility index (Phi) is 9.04. The number of carbonyl (C=O) groups excluding carboxylic acids is 2. The SMILES string of the molecule is CCCSC(=O)C(C)(C)COC(=O)OCc1cc(OC)c(OC)cc1[N+](=O)[O-]. The monoisotopic (exact) mass is 415 g/mol. The molecule has 0 fully saturated rings.